The van der Waals surface area contributed by atoms with Crippen LogP contribution in [0.4, 0.5) is 4.79 Å². The molecule has 0 bridgehead atoms. The number of hydrogen-bond acceptors (Lipinski definition) is 6. The molecule has 3 aliphatic heterocycles. The van der Waals surface area contributed by atoms with Crippen LogP contribution in [-0.2, 0) is 24.7 Å². The fourth-order valence-electron chi connectivity index (χ4n) is 2.95. The third-order valence-corrected chi connectivity index (χ3v) is 4.86. The largest absolute Gasteiger partial charge is 0.362 e. The van der Waals surface area contributed by atoms with Gasteiger partial charge in [-0.15, -0.1) is 0 Å². The molecule has 0 spiro atoms. The zero-order valence-electron chi connectivity index (χ0n) is 11.1. The van der Waals surface area contributed by atoms with Gasteiger partial charge in [0.2, 0.25) is 11.8 Å². The average molecular weight is 332 g/mol. The van der Waals surface area contributed by atoms with E-state index < -0.39 is 52.2 Å². The Kier molecular flexibility index (Phi) is 3.11. The monoisotopic (exact) mass is 332 g/mol. The fourth-order valence-corrected chi connectivity index (χ4v) is 3.84. The highest BCUT2D eigenvalue weighted by Crippen LogP contribution is 2.35. The predicted octanol–water partition coefficient (Wildman–Crippen LogP) is -2.80. The van der Waals surface area contributed by atoms with E-state index in [1.54, 1.807) is 0 Å². The maximum absolute atomic E-state index is 12.1. The highest BCUT2D eigenvalue weighted by atomic mass is 32.2. The Labute approximate surface area is 124 Å². The van der Waals surface area contributed by atoms with Crippen LogP contribution in [0.25, 0.3) is 0 Å². The first-order chi connectivity index (χ1) is 10.2. The zero-order chi connectivity index (χ0) is 16.2. The smallest absolute Gasteiger partial charge is 0.326 e. The molecule has 3 fully saturated rings. The lowest BCUT2D eigenvalue weighted by molar-refractivity contribution is -0.143. The molecule has 120 valence electrons. The lowest BCUT2D eigenvalue weighted by Crippen LogP contribution is -2.69. The van der Waals surface area contributed by atoms with Crippen LogP contribution in [0.5, 0.6) is 0 Å². The van der Waals surface area contributed by atoms with Gasteiger partial charge in [0.15, 0.2) is 0 Å². The molecule has 3 aliphatic rings. The van der Waals surface area contributed by atoms with Gasteiger partial charge < -0.3 is 10.2 Å². The van der Waals surface area contributed by atoms with Gasteiger partial charge >= 0.3 is 16.3 Å². The Morgan fingerprint density at radius 1 is 1.32 bits per heavy atom. The number of amides is 5. The topological polar surface area (TPSA) is 153 Å². The normalized spacial score (nSPS) is 31.0. The second-order valence-corrected chi connectivity index (χ2v) is 6.51. The number of rotatable bonds is 2. The third kappa shape index (κ3) is 2.11. The van der Waals surface area contributed by atoms with Crippen molar-refractivity contribution in [1.82, 2.24) is 19.8 Å². The van der Waals surface area contributed by atoms with Crippen molar-refractivity contribution in [3.8, 4) is 0 Å². The number of imide groups is 1. The molecular formula is C10H12N4O7S. The highest BCUT2D eigenvalue weighted by Gasteiger charge is 2.60. The second kappa shape index (κ2) is 4.64. The maximum Gasteiger partial charge on any atom is 0.362 e. The van der Waals surface area contributed by atoms with E-state index in [1.807, 2.05) is 5.32 Å². The van der Waals surface area contributed by atoms with E-state index in [0.717, 1.165) is 4.90 Å². The molecule has 0 saturated carbocycles. The van der Waals surface area contributed by atoms with Crippen molar-refractivity contribution in [1.29, 1.82) is 0 Å². The maximum atomic E-state index is 12.1. The molecule has 0 radical (unpaired) electrons. The van der Waals surface area contributed by atoms with Gasteiger partial charge in [-0.1, -0.05) is 0 Å². The standard InChI is InChI=1S/C10H12N4O7S/c15-6-3-4(8(16)12-6)11-10(18)13-2-1-5-7(13)9(17)14(5)22(19,20)21/h4-5,7H,1-3H2,(H,11,18)(H,12,15,16)(H,19,20,21)/t4-,5+,7-/m0/s1. The predicted molar refractivity (Wildman–Crippen MR) is 67.4 cm³/mol. The molecule has 22 heavy (non-hydrogen) atoms. The Morgan fingerprint density at radius 3 is 2.55 bits per heavy atom. The Morgan fingerprint density at radius 2 is 2.00 bits per heavy atom. The van der Waals surface area contributed by atoms with Gasteiger partial charge in [-0.2, -0.15) is 8.42 Å². The first kappa shape index (κ1) is 14.7. The molecule has 0 aromatic carbocycles. The minimum absolute atomic E-state index is 0.0984. The minimum Gasteiger partial charge on any atom is -0.326 e. The summed E-state index contributed by atoms with van der Waals surface area (Å²) in [6.07, 6.45) is 0.0109. The summed E-state index contributed by atoms with van der Waals surface area (Å²) in [5.41, 5.74) is 0. The lowest BCUT2D eigenvalue weighted by atomic mass is 10.0. The number of carbonyl (C=O) groups is 4. The first-order valence-electron chi connectivity index (χ1n) is 6.41. The number of fused-ring (bicyclic) bond motifs is 1. The van der Waals surface area contributed by atoms with Gasteiger partial charge in [-0.25, -0.2) is 9.10 Å². The molecular weight excluding hydrogens is 320 g/mol. The van der Waals surface area contributed by atoms with Gasteiger partial charge in [0, 0.05) is 6.54 Å². The minimum atomic E-state index is -4.64. The fraction of sp³-hybridized carbons (Fsp3) is 0.600. The molecule has 5 amide bonds. The number of likely N-dealkylation sites (tertiary alicyclic amines) is 1. The number of carbonyl (C=O) groups excluding carboxylic acids is 4. The quantitative estimate of drug-likeness (QED) is 0.280. The number of urea groups is 1. The van der Waals surface area contributed by atoms with Crippen molar-refractivity contribution in [3.63, 3.8) is 0 Å². The van der Waals surface area contributed by atoms with Crippen molar-refractivity contribution in [2.45, 2.75) is 31.0 Å². The summed E-state index contributed by atoms with van der Waals surface area (Å²) in [6, 6.07) is -3.52. The molecule has 0 aliphatic carbocycles. The molecule has 12 heteroatoms. The van der Waals surface area contributed by atoms with Crippen molar-refractivity contribution in [2.24, 2.45) is 0 Å². The Hall–Kier alpha value is -2.21. The van der Waals surface area contributed by atoms with Crippen LogP contribution in [0.3, 0.4) is 0 Å². The van der Waals surface area contributed by atoms with Crippen molar-refractivity contribution < 1.29 is 32.1 Å². The van der Waals surface area contributed by atoms with Crippen LogP contribution in [0.2, 0.25) is 0 Å². The first-order valence-corrected chi connectivity index (χ1v) is 7.81. The number of β-lactam (4-membered cyclic amide) rings is 1. The van der Waals surface area contributed by atoms with Crippen molar-refractivity contribution in [2.75, 3.05) is 6.54 Å². The van der Waals surface area contributed by atoms with Crippen LogP contribution >= 0.6 is 0 Å². The molecule has 0 unspecified atom stereocenters. The molecule has 3 saturated heterocycles. The van der Waals surface area contributed by atoms with Crippen molar-refractivity contribution >= 4 is 34.1 Å². The van der Waals surface area contributed by atoms with E-state index in [4.69, 9.17) is 4.55 Å². The number of hydrogen-bond donors (Lipinski definition) is 3. The summed E-state index contributed by atoms with van der Waals surface area (Å²) in [5, 5.41) is 4.37. The molecule has 11 nitrogen and oxygen atoms in total. The highest BCUT2D eigenvalue weighted by molar-refractivity contribution is 7.84. The molecule has 3 heterocycles. The van der Waals surface area contributed by atoms with Gasteiger partial charge in [0.05, 0.1) is 12.5 Å². The zero-order valence-corrected chi connectivity index (χ0v) is 11.9. The number of nitrogens with zero attached hydrogens (tertiary/aromatic N) is 2. The van der Waals surface area contributed by atoms with Gasteiger partial charge in [0.1, 0.15) is 12.1 Å². The SMILES string of the molecule is O=C1C[C@H](NC(=O)N2CC[C@@H]3[C@H]2C(=O)N3S(=O)(=O)O)C(=O)N1. The molecule has 3 atom stereocenters. The second-order valence-electron chi connectivity index (χ2n) is 5.22. The van der Waals surface area contributed by atoms with E-state index in [-0.39, 0.29) is 19.4 Å². The van der Waals surface area contributed by atoms with E-state index >= 15 is 0 Å². The van der Waals surface area contributed by atoms with Gasteiger partial charge in [-0.3, -0.25) is 24.3 Å². The molecule has 3 rings (SSSR count). The Balaban J connectivity index is 1.68. The summed E-state index contributed by atoms with van der Waals surface area (Å²) in [6.45, 7) is 0.0984. The summed E-state index contributed by atoms with van der Waals surface area (Å²) in [7, 11) is -4.64. The summed E-state index contributed by atoms with van der Waals surface area (Å²) < 4.78 is 31.4. The van der Waals surface area contributed by atoms with E-state index in [0.29, 0.717) is 4.31 Å². The van der Waals surface area contributed by atoms with Crippen LogP contribution in [-0.4, -0.2) is 70.6 Å². The lowest BCUT2D eigenvalue weighted by Gasteiger charge is -2.42. The van der Waals surface area contributed by atoms with Crippen LogP contribution in [0.15, 0.2) is 0 Å². The third-order valence-electron chi connectivity index (χ3n) is 3.91. The molecule has 0 aromatic heterocycles. The average Bonchev–Trinajstić information content (AvgIpc) is 2.88. The summed E-state index contributed by atoms with van der Waals surface area (Å²) >= 11 is 0. The molecule has 0 aromatic rings. The summed E-state index contributed by atoms with van der Waals surface area (Å²) in [5.74, 6) is -2.03. The van der Waals surface area contributed by atoms with Crippen LogP contribution < -0.4 is 10.6 Å². The van der Waals surface area contributed by atoms with E-state index in [2.05, 4.69) is 5.32 Å². The van der Waals surface area contributed by atoms with Gasteiger partial charge in [0.25, 0.3) is 5.91 Å². The van der Waals surface area contributed by atoms with Crippen molar-refractivity contribution in [3.05, 3.63) is 0 Å². The van der Waals surface area contributed by atoms with Crippen LogP contribution in [0.1, 0.15) is 12.8 Å². The summed E-state index contributed by atoms with van der Waals surface area (Å²) in [4.78, 5) is 47.4. The number of nitrogens with one attached hydrogen (secondary N) is 2. The van der Waals surface area contributed by atoms with E-state index in [1.165, 1.54) is 0 Å². The van der Waals surface area contributed by atoms with Gasteiger partial charge in [-0.05, 0) is 6.42 Å². The molecule has 3 N–H and O–H groups in total. The van der Waals surface area contributed by atoms with Crippen LogP contribution in [0, 0.1) is 0 Å². The van der Waals surface area contributed by atoms with E-state index in [9.17, 15) is 27.6 Å². The Bertz CT molecular complexity index is 689.